The van der Waals surface area contributed by atoms with Gasteiger partial charge in [0.05, 0.1) is 15.7 Å². The molecular formula is C25H21Cl2N3O2S. The zero-order valence-corrected chi connectivity index (χ0v) is 20.6. The topological polar surface area (TPSA) is 54.3 Å². The van der Waals surface area contributed by atoms with Crippen LogP contribution < -0.4 is 10.2 Å². The maximum Gasteiger partial charge on any atom is 0.270 e. The van der Waals surface area contributed by atoms with Gasteiger partial charge in [0.15, 0.2) is 5.11 Å². The van der Waals surface area contributed by atoms with E-state index in [-0.39, 0.29) is 15.7 Å². The van der Waals surface area contributed by atoms with E-state index in [0.717, 1.165) is 29.1 Å². The molecule has 1 saturated heterocycles. The minimum absolute atomic E-state index is 0.0120. The third kappa shape index (κ3) is 4.34. The molecule has 0 radical (unpaired) electrons. The Morgan fingerprint density at radius 2 is 1.64 bits per heavy atom. The average Bonchev–Trinajstić information content (AvgIpc) is 3.06. The molecule has 0 atom stereocenters. The molecule has 2 heterocycles. The number of carbonyl (C=O) groups excluding carboxylic acids is 2. The fraction of sp³-hybridized carbons (Fsp3) is 0.160. The third-order valence-electron chi connectivity index (χ3n) is 5.64. The summed E-state index contributed by atoms with van der Waals surface area (Å²) in [5, 5.41) is 3.22. The van der Waals surface area contributed by atoms with Crippen molar-refractivity contribution in [1.29, 1.82) is 0 Å². The lowest BCUT2D eigenvalue weighted by Crippen LogP contribution is -2.54. The molecule has 5 nitrogen and oxygen atoms in total. The van der Waals surface area contributed by atoms with Crippen molar-refractivity contribution in [2.24, 2.45) is 0 Å². The summed E-state index contributed by atoms with van der Waals surface area (Å²) in [7, 11) is 0. The number of anilines is 1. The molecule has 1 N–H and O–H groups in total. The monoisotopic (exact) mass is 497 g/mol. The number of aryl methyl sites for hydroxylation is 2. The van der Waals surface area contributed by atoms with Crippen molar-refractivity contribution >= 4 is 64.1 Å². The highest BCUT2D eigenvalue weighted by Crippen LogP contribution is 2.30. The number of hydrogen-bond acceptors (Lipinski definition) is 3. The highest BCUT2D eigenvalue weighted by Gasteiger charge is 2.35. The van der Waals surface area contributed by atoms with Gasteiger partial charge in [-0.05, 0) is 86.1 Å². The highest BCUT2D eigenvalue weighted by atomic mass is 35.5. The second-order valence-electron chi connectivity index (χ2n) is 7.74. The number of rotatable bonds is 4. The SMILES string of the molecule is CCc1ccc(-n2c(C)cc(/C=C3\C(=O)NC(=S)N(c4ccc(Cl)c(Cl)c4)C3=O)c2C)cc1. The molecule has 2 amide bonds. The van der Waals surface area contributed by atoms with Gasteiger partial charge >= 0.3 is 0 Å². The molecule has 1 aliphatic rings. The largest absolute Gasteiger partial charge is 0.318 e. The lowest BCUT2D eigenvalue weighted by atomic mass is 10.1. The fourth-order valence-corrected chi connectivity index (χ4v) is 4.46. The molecule has 1 aromatic heterocycles. The van der Waals surface area contributed by atoms with Crippen LogP contribution in [0.2, 0.25) is 10.0 Å². The van der Waals surface area contributed by atoms with E-state index < -0.39 is 11.8 Å². The second kappa shape index (κ2) is 9.14. The van der Waals surface area contributed by atoms with Crippen molar-refractivity contribution in [3.63, 3.8) is 0 Å². The number of hydrogen-bond donors (Lipinski definition) is 1. The summed E-state index contributed by atoms with van der Waals surface area (Å²) in [5.41, 5.74) is 5.36. The number of aromatic nitrogens is 1. The van der Waals surface area contributed by atoms with Crippen LogP contribution in [0.5, 0.6) is 0 Å². The van der Waals surface area contributed by atoms with Crippen molar-refractivity contribution in [2.75, 3.05) is 4.90 Å². The van der Waals surface area contributed by atoms with E-state index in [4.69, 9.17) is 35.4 Å². The molecule has 4 rings (SSSR count). The van der Waals surface area contributed by atoms with Gasteiger partial charge in [0.2, 0.25) is 0 Å². The van der Waals surface area contributed by atoms with Crippen molar-refractivity contribution in [1.82, 2.24) is 9.88 Å². The van der Waals surface area contributed by atoms with Gasteiger partial charge in [-0.3, -0.25) is 19.8 Å². The highest BCUT2D eigenvalue weighted by molar-refractivity contribution is 7.80. The zero-order valence-electron chi connectivity index (χ0n) is 18.3. The first-order valence-electron chi connectivity index (χ1n) is 10.4. The van der Waals surface area contributed by atoms with Crippen LogP contribution in [0.15, 0.2) is 54.1 Å². The molecular weight excluding hydrogens is 477 g/mol. The fourth-order valence-electron chi connectivity index (χ4n) is 3.88. The van der Waals surface area contributed by atoms with Crippen LogP contribution in [0.3, 0.4) is 0 Å². The van der Waals surface area contributed by atoms with Crippen LogP contribution in [0.25, 0.3) is 11.8 Å². The molecule has 0 bridgehead atoms. The molecule has 33 heavy (non-hydrogen) atoms. The minimum Gasteiger partial charge on any atom is -0.318 e. The van der Waals surface area contributed by atoms with Crippen LogP contribution >= 0.6 is 35.4 Å². The molecule has 168 valence electrons. The number of thiocarbonyl (C=S) groups is 1. The van der Waals surface area contributed by atoms with Crippen LogP contribution in [0.1, 0.15) is 29.4 Å². The van der Waals surface area contributed by atoms with E-state index in [1.54, 1.807) is 18.2 Å². The first kappa shape index (κ1) is 23.2. The summed E-state index contributed by atoms with van der Waals surface area (Å²) < 4.78 is 2.10. The molecule has 2 aromatic carbocycles. The number of benzene rings is 2. The standard InChI is InChI=1S/C25H21Cl2N3O2S/c1-4-16-5-7-18(8-6-16)29-14(2)11-17(15(29)3)12-20-23(31)28-25(33)30(24(20)32)19-9-10-21(26)22(27)13-19/h5-13H,4H2,1-3H3,(H,28,31,33)/b20-12+. The van der Waals surface area contributed by atoms with Gasteiger partial charge in [-0.2, -0.15) is 0 Å². The first-order valence-corrected chi connectivity index (χ1v) is 11.5. The number of carbonyl (C=O) groups is 2. The third-order valence-corrected chi connectivity index (χ3v) is 6.66. The molecule has 0 unspecified atom stereocenters. The van der Waals surface area contributed by atoms with Crippen molar-refractivity contribution in [2.45, 2.75) is 27.2 Å². The van der Waals surface area contributed by atoms with Gasteiger partial charge in [-0.15, -0.1) is 0 Å². The predicted octanol–water partition coefficient (Wildman–Crippen LogP) is 5.79. The minimum atomic E-state index is -0.543. The molecule has 1 fully saturated rings. The summed E-state index contributed by atoms with van der Waals surface area (Å²) in [6.07, 6.45) is 2.57. The number of amides is 2. The van der Waals surface area contributed by atoms with Crippen LogP contribution in [0, 0.1) is 13.8 Å². The van der Waals surface area contributed by atoms with Gasteiger partial charge in [0.1, 0.15) is 5.57 Å². The summed E-state index contributed by atoms with van der Waals surface area (Å²) in [4.78, 5) is 27.3. The predicted molar refractivity (Wildman–Crippen MR) is 137 cm³/mol. The maximum atomic E-state index is 13.3. The van der Waals surface area contributed by atoms with Gasteiger partial charge in [-0.1, -0.05) is 42.3 Å². The number of halogens is 2. The summed E-state index contributed by atoms with van der Waals surface area (Å²) in [5.74, 6) is -1.07. The number of nitrogens with zero attached hydrogens (tertiary/aromatic N) is 2. The van der Waals surface area contributed by atoms with E-state index in [9.17, 15) is 9.59 Å². The molecule has 0 saturated carbocycles. The van der Waals surface area contributed by atoms with E-state index in [1.165, 1.54) is 16.5 Å². The Balaban J connectivity index is 1.74. The molecule has 1 aliphatic heterocycles. The van der Waals surface area contributed by atoms with Crippen molar-refractivity contribution in [3.8, 4) is 5.69 Å². The Kier molecular flexibility index (Phi) is 6.43. The lowest BCUT2D eigenvalue weighted by molar-refractivity contribution is -0.122. The van der Waals surface area contributed by atoms with E-state index in [0.29, 0.717) is 10.7 Å². The van der Waals surface area contributed by atoms with Gasteiger partial charge in [-0.25, -0.2) is 0 Å². The number of nitrogens with one attached hydrogen (secondary N) is 1. The normalized spacial score (nSPS) is 15.4. The molecule has 3 aromatic rings. The Labute approximate surface area is 207 Å². The summed E-state index contributed by atoms with van der Waals surface area (Å²) in [6.45, 7) is 6.06. The van der Waals surface area contributed by atoms with Crippen molar-refractivity contribution < 1.29 is 9.59 Å². The Morgan fingerprint density at radius 3 is 2.27 bits per heavy atom. The smallest absolute Gasteiger partial charge is 0.270 e. The average molecular weight is 498 g/mol. The second-order valence-corrected chi connectivity index (χ2v) is 8.94. The molecule has 0 spiro atoms. The van der Waals surface area contributed by atoms with Crippen LogP contribution in [-0.4, -0.2) is 21.5 Å². The van der Waals surface area contributed by atoms with Crippen LogP contribution in [-0.2, 0) is 16.0 Å². The van der Waals surface area contributed by atoms with Gasteiger partial charge in [0, 0.05) is 17.1 Å². The van der Waals surface area contributed by atoms with Gasteiger partial charge in [0.25, 0.3) is 11.8 Å². The quantitative estimate of drug-likeness (QED) is 0.281. The first-order chi connectivity index (χ1) is 15.7. The Bertz CT molecular complexity index is 1330. The van der Waals surface area contributed by atoms with E-state index in [2.05, 4.69) is 41.1 Å². The molecule has 8 heteroatoms. The van der Waals surface area contributed by atoms with E-state index >= 15 is 0 Å². The maximum absolute atomic E-state index is 13.3. The lowest BCUT2D eigenvalue weighted by Gasteiger charge is -2.29. The van der Waals surface area contributed by atoms with Gasteiger partial charge < -0.3 is 4.57 Å². The van der Waals surface area contributed by atoms with Crippen molar-refractivity contribution in [3.05, 3.63) is 86.7 Å². The summed E-state index contributed by atoms with van der Waals surface area (Å²) in [6, 6.07) is 15.0. The van der Waals surface area contributed by atoms with Crippen LogP contribution in [0.4, 0.5) is 5.69 Å². The Morgan fingerprint density at radius 1 is 0.970 bits per heavy atom. The van der Waals surface area contributed by atoms with E-state index in [1.807, 2.05) is 19.9 Å². The molecule has 0 aliphatic carbocycles. The Hall–Kier alpha value is -2.93. The zero-order chi connectivity index (χ0) is 23.9. The summed E-state index contributed by atoms with van der Waals surface area (Å²) >= 11 is 17.4.